The molecule has 0 aliphatic carbocycles. The number of hydrogen-bond acceptors (Lipinski definition) is 2. The Morgan fingerprint density at radius 3 is 2.52 bits per heavy atom. The molecule has 1 heterocycles. The van der Waals surface area contributed by atoms with Crippen molar-refractivity contribution in [3.8, 4) is 0 Å². The van der Waals surface area contributed by atoms with E-state index in [9.17, 15) is 0 Å². The Bertz CT molecular complexity index is 566. The molecule has 0 bridgehead atoms. The summed E-state index contributed by atoms with van der Waals surface area (Å²) in [5, 5.41) is 3.65. The van der Waals surface area contributed by atoms with Crippen molar-refractivity contribution in [3.05, 3.63) is 64.4 Å². The molecular weight excluding hydrogens is 324 g/mol. The predicted octanol–water partition coefficient (Wildman–Crippen LogP) is 4.34. The first-order valence-electron chi connectivity index (χ1n) is 7.42. The average Bonchev–Trinajstić information content (AvgIpc) is 2.48. The third-order valence-corrected chi connectivity index (χ3v) is 4.47. The summed E-state index contributed by atoms with van der Waals surface area (Å²) in [5.41, 5.74) is 2.66. The number of nitrogens with one attached hydrogen (secondary N) is 1. The van der Waals surface area contributed by atoms with Crippen molar-refractivity contribution in [1.82, 2.24) is 10.3 Å². The third kappa shape index (κ3) is 4.14. The fraction of sp³-hybridized carbons (Fsp3) is 0.389. The zero-order chi connectivity index (χ0) is 15.3. The lowest BCUT2D eigenvalue weighted by Crippen LogP contribution is -2.46. The molecule has 1 N–H and O–H groups in total. The first kappa shape index (κ1) is 16.2. The standard InChI is InChI=1S/C18H23BrN2/c1-4-21-17(11-14-10-16(19)13-20-12-14)18(2,3)15-8-6-5-7-9-15/h5-10,12-13,17,21H,4,11H2,1-3H3. The van der Waals surface area contributed by atoms with Gasteiger partial charge in [-0.25, -0.2) is 0 Å². The Kier molecular flexibility index (Phi) is 5.54. The van der Waals surface area contributed by atoms with Gasteiger partial charge in [0.2, 0.25) is 0 Å². The molecule has 0 saturated carbocycles. The number of benzene rings is 1. The quantitative estimate of drug-likeness (QED) is 0.841. The summed E-state index contributed by atoms with van der Waals surface area (Å²) in [6, 6.07) is 13.2. The maximum atomic E-state index is 4.28. The van der Waals surface area contributed by atoms with Crippen LogP contribution in [0.5, 0.6) is 0 Å². The van der Waals surface area contributed by atoms with Crippen LogP contribution in [-0.2, 0) is 11.8 Å². The van der Waals surface area contributed by atoms with Crippen molar-refractivity contribution >= 4 is 15.9 Å². The number of aromatic nitrogens is 1. The van der Waals surface area contributed by atoms with Gasteiger partial charge in [-0.1, -0.05) is 51.1 Å². The second-order valence-electron chi connectivity index (χ2n) is 5.91. The SMILES string of the molecule is CCNC(Cc1cncc(Br)c1)C(C)(C)c1ccccc1. The number of nitrogens with zero attached hydrogens (tertiary/aromatic N) is 1. The van der Waals surface area contributed by atoms with E-state index < -0.39 is 0 Å². The summed E-state index contributed by atoms with van der Waals surface area (Å²) in [6.07, 6.45) is 4.74. The summed E-state index contributed by atoms with van der Waals surface area (Å²) in [4.78, 5) is 4.28. The van der Waals surface area contributed by atoms with Crippen LogP contribution in [0.15, 0.2) is 53.3 Å². The van der Waals surface area contributed by atoms with E-state index in [1.807, 2.05) is 12.4 Å². The summed E-state index contributed by atoms with van der Waals surface area (Å²) >= 11 is 3.50. The third-order valence-electron chi connectivity index (χ3n) is 4.04. The minimum absolute atomic E-state index is 0.0551. The summed E-state index contributed by atoms with van der Waals surface area (Å²) in [5.74, 6) is 0. The van der Waals surface area contributed by atoms with E-state index in [-0.39, 0.29) is 5.41 Å². The molecule has 0 amide bonds. The lowest BCUT2D eigenvalue weighted by molar-refractivity contribution is 0.342. The van der Waals surface area contributed by atoms with Crippen LogP contribution in [0.1, 0.15) is 31.9 Å². The van der Waals surface area contributed by atoms with Gasteiger partial charge in [0.15, 0.2) is 0 Å². The van der Waals surface area contributed by atoms with Gasteiger partial charge < -0.3 is 5.32 Å². The molecule has 2 aromatic rings. The molecule has 1 unspecified atom stereocenters. The number of pyridine rings is 1. The molecule has 1 atom stereocenters. The van der Waals surface area contributed by atoms with Gasteiger partial charge in [-0.3, -0.25) is 4.98 Å². The molecule has 0 aliphatic rings. The maximum Gasteiger partial charge on any atom is 0.0410 e. The highest BCUT2D eigenvalue weighted by Crippen LogP contribution is 2.29. The first-order valence-corrected chi connectivity index (χ1v) is 8.21. The molecule has 0 aliphatic heterocycles. The smallest absolute Gasteiger partial charge is 0.0410 e. The molecule has 1 aromatic heterocycles. The van der Waals surface area contributed by atoms with Crippen LogP contribution in [0, 0.1) is 0 Å². The highest BCUT2D eigenvalue weighted by atomic mass is 79.9. The molecule has 0 radical (unpaired) electrons. The lowest BCUT2D eigenvalue weighted by atomic mass is 9.75. The van der Waals surface area contributed by atoms with Crippen molar-refractivity contribution in [2.24, 2.45) is 0 Å². The second kappa shape index (κ2) is 7.19. The molecule has 0 fully saturated rings. The van der Waals surface area contributed by atoms with Gasteiger partial charge in [0.05, 0.1) is 0 Å². The Balaban J connectivity index is 2.25. The van der Waals surface area contributed by atoms with Gasteiger partial charge in [0, 0.05) is 28.3 Å². The van der Waals surface area contributed by atoms with Crippen LogP contribution >= 0.6 is 15.9 Å². The summed E-state index contributed by atoms with van der Waals surface area (Å²) in [7, 11) is 0. The van der Waals surface area contributed by atoms with E-state index in [4.69, 9.17) is 0 Å². The highest BCUT2D eigenvalue weighted by Gasteiger charge is 2.30. The average molecular weight is 347 g/mol. The molecule has 2 nitrogen and oxygen atoms in total. The Morgan fingerprint density at radius 1 is 1.19 bits per heavy atom. The second-order valence-corrected chi connectivity index (χ2v) is 6.83. The summed E-state index contributed by atoms with van der Waals surface area (Å²) < 4.78 is 1.03. The molecule has 3 heteroatoms. The molecule has 0 saturated heterocycles. The molecular formula is C18H23BrN2. The van der Waals surface area contributed by atoms with Crippen LogP contribution in [0.3, 0.4) is 0 Å². The highest BCUT2D eigenvalue weighted by molar-refractivity contribution is 9.10. The van der Waals surface area contributed by atoms with Crippen molar-refractivity contribution < 1.29 is 0 Å². The van der Waals surface area contributed by atoms with E-state index in [2.05, 4.69) is 83.4 Å². The van der Waals surface area contributed by atoms with E-state index in [0.29, 0.717) is 6.04 Å². The molecule has 21 heavy (non-hydrogen) atoms. The van der Waals surface area contributed by atoms with Gasteiger partial charge in [0.1, 0.15) is 0 Å². The predicted molar refractivity (Wildman–Crippen MR) is 92.6 cm³/mol. The first-order chi connectivity index (χ1) is 10.0. The minimum Gasteiger partial charge on any atom is -0.313 e. The zero-order valence-electron chi connectivity index (χ0n) is 12.9. The molecule has 1 aromatic carbocycles. The van der Waals surface area contributed by atoms with Gasteiger partial charge in [-0.05, 0) is 46.1 Å². The van der Waals surface area contributed by atoms with Crippen LogP contribution < -0.4 is 5.32 Å². The van der Waals surface area contributed by atoms with Gasteiger partial charge in [-0.2, -0.15) is 0 Å². The fourth-order valence-corrected chi connectivity index (χ4v) is 3.11. The number of likely N-dealkylation sites (N-methyl/N-ethyl adjacent to an activating group) is 1. The normalized spacial score (nSPS) is 13.1. The number of rotatable bonds is 6. The molecule has 2 rings (SSSR count). The molecule has 0 spiro atoms. The minimum atomic E-state index is 0.0551. The van der Waals surface area contributed by atoms with Crippen molar-refractivity contribution in [3.63, 3.8) is 0 Å². The topological polar surface area (TPSA) is 24.9 Å². The summed E-state index contributed by atoms with van der Waals surface area (Å²) in [6.45, 7) is 7.73. The molecule has 112 valence electrons. The van der Waals surface area contributed by atoms with Crippen LogP contribution in [0.2, 0.25) is 0 Å². The Labute approximate surface area is 136 Å². The van der Waals surface area contributed by atoms with Gasteiger partial charge >= 0.3 is 0 Å². The number of halogens is 1. The van der Waals surface area contributed by atoms with Crippen LogP contribution in [-0.4, -0.2) is 17.6 Å². The van der Waals surface area contributed by atoms with Crippen LogP contribution in [0.4, 0.5) is 0 Å². The lowest BCUT2D eigenvalue weighted by Gasteiger charge is -2.36. The monoisotopic (exact) mass is 346 g/mol. The maximum absolute atomic E-state index is 4.28. The van der Waals surface area contributed by atoms with Gasteiger partial charge in [-0.15, -0.1) is 0 Å². The van der Waals surface area contributed by atoms with Gasteiger partial charge in [0.25, 0.3) is 0 Å². The van der Waals surface area contributed by atoms with Crippen molar-refractivity contribution in [2.45, 2.75) is 38.6 Å². The fourth-order valence-electron chi connectivity index (χ4n) is 2.70. The largest absolute Gasteiger partial charge is 0.313 e. The zero-order valence-corrected chi connectivity index (χ0v) is 14.5. The van der Waals surface area contributed by atoms with E-state index in [1.165, 1.54) is 11.1 Å². The van der Waals surface area contributed by atoms with Crippen molar-refractivity contribution in [2.75, 3.05) is 6.54 Å². The Morgan fingerprint density at radius 2 is 1.90 bits per heavy atom. The van der Waals surface area contributed by atoms with Crippen LogP contribution in [0.25, 0.3) is 0 Å². The van der Waals surface area contributed by atoms with E-state index >= 15 is 0 Å². The number of hydrogen-bond donors (Lipinski definition) is 1. The van der Waals surface area contributed by atoms with Crippen molar-refractivity contribution in [1.29, 1.82) is 0 Å². The van der Waals surface area contributed by atoms with E-state index in [1.54, 1.807) is 0 Å². The van der Waals surface area contributed by atoms with E-state index in [0.717, 1.165) is 17.4 Å². The Hall–Kier alpha value is -1.19.